The van der Waals surface area contributed by atoms with Crippen LogP contribution in [0.1, 0.15) is 37.8 Å². The van der Waals surface area contributed by atoms with Gasteiger partial charge < -0.3 is 39.7 Å². The van der Waals surface area contributed by atoms with Crippen LogP contribution < -0.4 is 14.2 Å². The summed E-state index contributed by atoms with van der Waals surface area (Å²) in [6.07, 6.45) is -2.70. The van der Waals surface area contributed by atoms with Gasteiger partial charge in [0.1, 0.15) is 5.75 Å². The molecule has 208 valence electrons. The third kappa shape index (κ3) is 9.54. The molecule has 1 unspecified atom stereocenters. The monoisotopic (exact) mass is 535 g/mol. The maximum Gasteiger partial charge on any atom is 0.336 e. The van der Waals surface area contributed by atoms with Gasteiger partial charge in [-0.2, -0.15) is 0 Å². The van der Waals surface area contributed by atoms with Crippen molar-refractivity contribution >= 4 is 17.9 Å². The van der Waals surface area contributed by atoms with Crippen molar-refractivity contribution in [3.63, 3.8) is 0 Å². The molecule has 5 N–H and O–H groups in total. The normalized spacial score (nSPS) is 12.9. The maximum absolute atomic E-state index is 10.3. The number of para-hydroxylation sites is 1. The Morgan fingerprint density at radius 2 is 1.63 bits per heavy atom. The zero-order valence-corrected chi connectivity index (χ0v) is 21.2. The van der Waals surface area contributed by atoms with Gasteiger partial charge in [0.05, 0.1) is 25.6 Å². The molecule has 12 heteroatoms. The van der Waals surface area contributed by atoms with Crippen LogP contribution in [0.3, 0.4) is 0 Å². The van der Waals surface area contributed by atoms with E-state index in [2.05, 4.69) is 11.0 Å². The van der Waals surface area contributed by atoms with Crippen molar-refractivity contribution in [1.29, 1.82) is 0 Å². The number of aliphatic hydroxyl groups excluding tert-OH is 1. The van der Waals surface area contributed by atoms with Gasteiger partial charge in [0.2, 0.25) is 6.79 Å². The zero-order chi connectivity index (χ0) is 28.3. The van der Waals surface area contributed by atoms with Crippen LogP contribution in [0.2, 0.25) is 0 Å². The Kier molecular flexibility index (Phi) is 11.3. The molecule has 1 aliphatic rings. The summed E-state index contributed by atoms with van der Waals surface area (Å²) < 4.78 is 16.6. The minimum atomic E-state index is -2.74. The predicted octanol–water partition coefficient (Wildman–Crippen LogP) is 1.95. The summed E-state index contributed by atoms with van der Waals surface area (Å²) in [5, 5.41) is 43.7. The lowest BCUT2D eigenvalue weighted by Gasteiger charge is -2.25. The number of hydrogen-bond donors (Lipinski definition) is 5. The number of aliphatic hydroxyl groups is 2. The molecule has 0 saturated heterocycles. The van der Waals surface area contributed by atoms with E-state index in [0.717, 1.165) is 28.4 Å². The van der Waals surface area contributed by atoms with Gasteiger partial charge in [0.15, 0.2) is 17.1 Å². The lowest BCUT2D eigenvalue weighted by atomic mass is 9.96. The number of carbonyl (C=O) groups is 3. The number of ether oxygens (including phenoxy) is 3. The van der Waals surface area contributed by atoms with Crippen LogP contribution in [0.25, 0.3) is 0 Å². The lowest BCUT2D eigenvalue weighted by Crippen LogP contribution is -2.42. The highest BCUT2D eigenvalue weighted by Crippen LogP contribution is 2.33. The third-order valence-corrected chi connectivity index (χ3v) is 5.32. The van der Waals surface area contributed by atoms with Crippen LogP contribution in [-0.2, 0) is 27.5 Å². The predicted molar refractivity (Wildman–Crippen MR) is 133 cm³/mol. The Balaban J connectivity index is 0.000000332. The van der Waals surface area contributed by atoms with Gasteiger partial charge in [0, 0.05) is 25.2 Å². The van der Waals surface area contributed by atoms with Crippen LogP contribution in [0.4, 0.5) is 0 Å². The molecule has 0 bridgehead atoms. The quantitative estimate of drug-likeness (QED) is 0.252. The highest BCUT2D eigenvalue weighted by molar-refractivity contribution is 5.88. The van der Waals surface area contributed by atoms with Gasteiger partial charge in [-0.05, 0) is 37.6 Å². The van der Waals surface area contributed by atoms with E-state index in [4.69, 9.17) is 34.6 Å². The van der Waals surface area contributed by atoms with E-state index in [1.54, 1.807) is 6.92 Å². The van der Waals surface area contributed by atoms with E-state index < -0.39 is 42.5 Å². The third-order valence-electron chi connectivity index (χ3n) is 5.32. The highest BCUT2D eigenvalue weighted by Gasteiger charge is 2.40. The highest BCUT2D eigenvalue weighted by atomic mass is 16.7. The Morgan fingerprint density at radius 1 is 1.00 bits per heavy atom. The lowest BCUT2D eigenvalue weighted by molar-refractivity contribution is -0.170. The van der Waals surface area contributed by atoms with E-state index in [-0.39, 0.29) is 6.79 Å². The molecular weight excluding hydrogens is 502 g/mol. The number of aliphatic carboxylic acids is 3. The number of rotatable bonds is 13. The molecule has 12 nitrogen and oxygen atoms in total. The minimum absolute atomic E-state index is 0.276. The molecule has 0 fully saturated rings. The van der Waals surface area contributed by atoms with Gasteiger partial charge in [-0.1, -0.05) is 24.3 Å². The van der Waals surface area contributed by atoms with Gasteiger partial charge >= 0.3 is 17.9 Å². The molecule has 3 rings (SSSR count). The second-order valence-corrected chi connectivity index (χ2v) is 8.72. The summed E-state index contributed by atoms with van der Waals surface area (Å²) in [6.45, 7) is 6.69. The van der Waals surface area contributed by atoms with Crippen LogP contribution in [0.15, 0.2) is 42.5 Å². The Labute approximate surface area is 219 Å². The number of nitrogens with zero attached hydrogens (tertiary/aromatic N) is 1. The summed E-state index contributed by atoms with van der Waals surface area (Å²) in [4.78, 5) is 32.7. The summed E-state index contributed by atoms with van der Waals surface area (Å²) in [7, 11) is 0. The molecule has 0 saturated carbocycles. The van der Waals surface area contributed by atoms with Crippen LogP contribution in [0.5, 0.6) is 17.2 Å². The molecule has 1 aliphatic heterocycles. The second-order valence-electron chi connectivity index (χ2n) is 8.72. The van der Waals surface area contributed by atoms with Crippen molar-refractivity contribution in [3.05, 3.63) is 53.6 Å². The first-order valence-corrected chi connectivity index (χ1v) is 11.8. The molecule has 0 aliphatic carbocycles. The molecule has 1 atom stereocenters. The maximum atomic E-state index is 10.3. The van der Waals surface area contributed by atoms with E-state index in [9.17, 15) is 19.5 Å². The van der Waals surface area contributed by atoms with Gasteiger partial charge in [0.25, 0.3) is 0 Å². The first kappa shape index (κ1) is 30.4. The smallest absolute Gasteiger partial charge is 0.336 e. The minimum Gasteiger partial charge on any atom is -0.494 e. The Bertz CT molecular complexity index is 1090. The number of carboxylic acids is 3. The second kappa shape index (κ2) is 14.2. The molecule has 38 heavy (non-hydrogen) atoms. The fourth-order valence-electron chi connectivity index (χ4n) is 3.74. The number of hydrogen-bond acceptors (Lipinski definition) is 9. The summed E-state index contributed by atoms with van der Waals surface area (Å²) in [6, 6.07) is 14.0. The van der Waals surface area contributed by atoms with E-state index in [1.807, 2.05) is 43.3 Å². The van der Waals surface area contributed by atoms with Crippen molar-refractivity contribution in [2.75, 3.05) is 19.9 Å². The van der Waals surface area contributed by atoms with E-state index >= 15 is 0 Å². The van der Waals surface area contributed by atoms with Gasteiger partial charge in [-0.25, -0.2) is 4.79 Å². The molecule has 0 radical (unpaired) electrons. The fraction of sp³-hybridized carbons (Fsp3) is 0.423. The topological polar surface area (TPSA) is 183 Å². The zero-order valence-electron chi connectivity index (χ0n) is 21.2. The first-order chi connectivity index (χ1) is 17.9. The molecule has 2 aromatic carbocycles. The molecule has 0 aromatic heterocycles. The van der Waals surface area contributed by atoms with Gasteiger partial charge in [-0.3, -0.25) is 14.5 Å². The van der Waals surface area contributed by atoms with E-state index in [1.165, 1.54) is 0 Å². The molecule has 0 amide bonds. The standard InChI is InChI=1S/C20H25NO4.C6H8O7/c1-3-23-18-7-5-4-6-17(18)13-21(11-15(2)22)12-16-8-9-19-20(10-16)25-14-24-19;7-3(8)1-6(13,5(11)12)2-4(9)10/h4-10,15,22H,3,11-14H2,1-2H3;13H,1-2H2,(H,7,8)(H,9,10)(H,11,12). The Morgan fingerprint density at radius 3 is 2.21 bits per heavy atom. The summed E-state index contributed by atoms with van der Waals surface area (Å²) in [5.41, 5.74) is -0.498. The first-order valence-electron chi connectivity index (χ1n) is 11.8. The molecular formula is C26H33NO11. The largest absolute Gasteiger partial charge is 0.494 e. The summed E-state index contributed by atoms with van der Waals surface area (Å²) >= 11 is 0. The van der Waals surface area contributed by atoms with Crippen molar-refractivity contribution < 1.29 is 54.1 Å². The van der Waals surface area contributed by atoms with Crippen molar-refractivity contribution in [2.45, 2.75) is 51.5 Å². The average molecular weight is 536 g/mol. The van der Waals surface area contributed by atoms with Crippen molar-refractivity contribution in [3.8, 4) is 17.2 Å². The molecule has 2 aromatic rings. The number of carboxylic acid groups (broad SMARTS) is 3. The molecule has 1 heterocycles. The van der Waals surface area contributed by atoms with Crippen LogP contribution in [0, 0.1) is 0 Å². The van der Waals surface area contributed by atoms with Crippen molar-refractivity contribution in [1.82, 2.24) is 4.90 Å². The number of benzene rings is 2. The average Bonchev–Trinajstić information content (AvgIpc) is 3.27. The SMILES string of the molecule is CCOc1ccccc1CN(Cc1ccc2c(c1)OCO2)CC(C)O.O=C(O)CC(O)(CC(=O)O)C(=O)O. The Hall–Kier alpha value is -3.87. The fourth-order valence-corrected chi connectivity index (χ4v) is 3.74. The number of fused-ring (bicyclic) bond motifs is 1. The summed E-state index contributed by atoms with van der Waals surface area (Å²) in [5.74, 6) is -2.56. The van der Waals surface area contributed by atoms with Crippen molar-refractivity contribution in [2.24, 2.45) is 0 Å². The molecule has 0 spiro atoms. The van der Waals surface area contributed by atoms with Crippen LogP contribution >= 0.6 is 0 Å². The van der Waals surface area contributed by atoms with Crippen LogP contribution in [-0.4, -0.2) is 80.0 Å². The van der Waals surface area contributed by atoms with E-state index in [0.29, 0.717) is 26.2 Å². The van der Waals surface area contributed by atoms with Gasteiger partial charge in [-0.15, -0.1) is 0 Å².